The molecule has 9 heteroatoms. The number of carboxylic acid groups (broad SMARTS) is 1. The van der Waals surface area contributed by atoms with E-state index in [9.17, 15) is 9.59 Å². The Bertz CT molecular complexity index is 450. The van der Waals surface area contributed by atoms with Crippen LogP contribution in [0.25, 0.3) is 0 Å². The Morgan fingerprint density at radius 3 is 3.05 bits per heavy atom. The molecule has 1 saturated heterocycles. The zero-order valence-corrected chi connectivity index (χ0v) is 10.8. The third-order valence-electron chi connectivity index (χ3n) is 3.06. The second kappa shape index (κ2) is 6.85. The van der Waals surface area contributed by atoms with Crippen LogP contribution in [0.1, 0.15) is 12.2 Å². The number of aryl methyl sites for hydroxylation is 1. The molecule has 0 spiro atoms. The summed E-state index contributed by atoms with van der Waals surface area (Å²) in [4.78, 5) is 26.5. The van der Waals surface area contributed by atoms with Crippen LogP contribution in [-0.4, -0.2) is 58.1 Å². The van der Waals surface area contributed by atoms with Crippen LogP contribution in [0.5, 0.6) is 0 Å². The van der Waals surface area contributed by atoms with Crippen LogP contribution in [-0.2, 0) is 16.0 Å². The van der Waals surface area contributed by atoms with Crippen molar-refractivity contribution in [1.29, 1.82) is 0 Å². The van der Waals surface area contributed by atoms with E-state index in [0.29, 0.717) is 19.4 Å². The highest BCUT2D eigenvalue weighted by Gasteiger charge is 2.34. The van der Waals surface area contributed by atoms with Crippen LogP contribution < -0.4 is 10.6 Å². The van der Waals surface area contributed by atoms with Crippen LogP contribution in [0.15, 0.2) is 6.33 Å². The number of urea groups is 1. The number of carbonyl (C=O) groups excluding carboxylic acids is 1. The summed E-state index contributed by atoms with van der Waals surface area (Å²) in [7, 11) is 0. The summed E-state index contributed by atoms with van der Waals surface area (Å²) in [6, 6.07) is -0.869. The first-order valence-corrected chi connectivity index (χ1v) is 6.36. The van der Waals surface area contributed by atoms with E-state index in [0.717, 1.165) is 5.82 Å². The highest BCUT2D eigenvalue weighted by atomic mass is 16.5. The van der Waals surface area contributed by atoms with E-state index >= 15 is 0 Å². The average Bonchev–Trinajstić information content (AvgIpc) is 3.05. The molecule has 2 heterocycles. The van der Waals surface area contributed by atoms with Crippen LogP contribution in [0.4, 0.5) is 4.79 Å². The number of nitrogens with one attached hydrogen (secondary N) is 3. The predicted octanol–water partition coefficient (Wildman–Crippen LogP) is -0.864. The highest BCUT2D eigenvalue weighted by Crippen LogP contribution is 2.13. The van der Waals surface area contributed by atoms with Crippen LogP contribution in [0.2, 0.25) is 0 Å². The summed E-state index contributed by atoms with van der Waals surface area (Å²) in [6.07, 6.45) is 2.83. The molecule has 9 nitrogen and oxygen atoms in total. The largest absolute Gasteiger partial charge is 0.481 e. The molecule has 0 bridgehead atoms. The number of hydrogen-bond donors (Lipinski definition) is 4. The minimum absolute atomic E-state index is 0.131. The Morgan fingerprint density at radius 1 is 1.50 bits per heavy atom. The normalized spacial score (nSPS) is 21.6. The topological polar surface area (TPSA) is 129 Å². The minimum Gasteiger partial charge on any atom is -0.481 e. The first-order valence-electron chi connectivity index (χ1n) is 6.36. The molecular formula is C11H17N5O4. The average molecular weight is 283 g/mol. The quantitative estimate of drug-likeness (QED) is 0.502. The number of aliphatic carboxylic acids is 1. The molecule has 1 aliphatic rings. The Balaban J connectivity index is 1.64. The molecule has 20 heavy (non-hydrogen) atoms. The number of H-pyrrole nitrogens is 1. The maximum atomic E-state index is 11.6. The maximum Gasteiger partial charge on any atom is 0.315 e. The number of carboxylic acids is 1. The van der Waals surface area contributed by atoms with Gasteiger partial charge in [0.1, 0.15) is 18.1 Å². The van der Waals surface area contributed by atoms with Crippen molar-refractivity contribution in [2.24, 2.45) is 5.92 Å². The molecule has 0 radical (unpaired) electrons. The Kier molecular flexibility index (Phi) is 4.88. The number of nitrogens with zero attached hydrogens (tertiary/aromatic N) is 2. The van der Waals surface area contributed by atoms with E-state index in [-0.39, 0.29) is 19.2 Å². The zero-order valence-electron chi connectivity index (χ0n) is 10.8. The summed E-state index contributed by atoms with van der Waals surface area (Å²) in [5.41, 5.74) is 0. The van der Waals surface area contributed by atoms with Gasteiger partial charge in [0, 0.05) is 13.0 Å². The van der Waals surface area contributed by atoms with Crippen LogP contribution >= 0.6 is 0 Å². The van der Waals surface area contributed by atoms with Gasteiger partial charge in [-0.25, -0.2) is 9.78 Å². The Morgan fingerprint density at radius 2 is 2.35 bits per heavy atom. The van der Waals surface area contributed by atoms with E-state index in [4.69, 9.17) is 9.84 Å². The summed E-state index contributed by atoms with van der Waals surface area (Å²) < 4.78 is 5.06. The van der Waals surface area contributed by atoms with Gasteiger partial charge in [-0.1, -0.05) is 0 Å². The number of aromatic nitrogens is 3. The van der Waals surface area contributed by atoms with Crippen molar-refractivity contribution in [3.05, 3.63) is 12.2 Å². The third-order valence-corrected chi connectivity index (χ3v) is 3.06. The van der Waals surface area contributed by atoms with E-state index in [1.807, 2.05) is 0 Å². The first-order chi connectivity index (χ1) is 9.66. The SMILES string of the molecule is O=C(NCCCc1ncn[nH]1)NC1COCC1C(=O)O. The fraction of sp³-hybridized carbons (Fsp3) is 0.636. The third kappa shape index (κ3) is 3.92. The molecule has 1 fully saturated rings. The van der Waals surface area contributed by atoms with Gasteiger partial charge in [0.2, 0.25) is 0 Å². The molecule has 0 saturated carbocycles. The molecule has 0 aromatic carbocycles. The van der Waals surface area contributed by atoms with E-state index in [1.54, 1.807) is 0 Å². The van der Waals surface area contributed by atoms with E-state index in [2.05, 4.69) is 25.8 Å². The molecule has 1 aromatic rings. The van der Waals surface area contributed by atoms with Gasteiger partial charge >= 0.3 is 12.0 Å². The van der Waals surface area contributed by atoms with Gasteiger partial charge in [0.25, 0.3) is 0 Å². The summed E-state index contributed by atoms with van der Waals surface area (Å²) in [6.45, 7) is 0.825. The fourth-order valence-electron chi connectivity index (χ4n) is 1.97. The summed E-state index contributed by atoms with van der Waals surface area (Å²) in [5, 5.41) is 20.7. The van der Waals surface area contributed by atoms with Gasteiger partial charge in [0.15, 0.2) is 0 Å². The molecule has 1 aliphatic heterocycles. The van der Waals surface area contributed by atoms with Crippen molar-refractivity contribution >= 4 is 12.0 Å². The van der Waals surface area contributed by atoms with Gasteiger partial charge in [-0.3, -0.25) is 9.89 Å². The lowest BCUT2D eigenvalue weighted by Gasteiger charge is -2.16. The molecular weight excluding hydrogens is 266 g/mol. The predicted molar refractivity (Wildman–Crippen MR) is 67.0 cm³/mol. The first kappa shape index (κ1) is 14.3. The molecule has 2 rings (SSSR count). The Labute approximate surface area is 115 Å². The molecule has 110 valence electrons. The van der Waals surface area contributed by atoms with Crippen LogP contribution in [0.3, 0.4) is 0 Å². The van der Waals surface area contributed by atoms with Gasteiger partial charge in [0.05, 0.1) is 19.3 Å². The summed E-state index contributed by atoms with van der Waals surface area (Å²) in [5.74, 6) is -0.879. The number of rotatable bonds is 6. The molecule has 1 aromatic heterocycles. The smallest absolute Gasteiger partial charge is 0.315 e. The highest BCUT2D eigenvalue weighted by molar-refractivity contribution is 5.77. The van der Waals surface area contributed by atoms with Crippen molar-refractivity contribution in [3.8, 4) is 0 Å². The lowest BCUT2D eigenvalue weighted by molar-refractivity contribution is -0.142. The monoisotopic (exact) mass is 283 g/mol. The van der Waals surface area contributed by atoms with Crippen LogP contribution in [0, 0.1) is 5.92 Å². The van der Waals surface area contributed by atoms with Crippen molar-refractivity contribution in [3.63, 3.8) is 0 Å². The summed E-state index contributed by atoms with van der Waals surface area (Å²) >= 11 is 0. The fourth-order valence-corrected chi connectivity index (χ4v) is 1.97. The zero-order chi connectivity index (χ0) is 14.4. The van der Waals surface area contributed by atoms with Gasteiger partial charge in [-0.15, -0.1) is 0 Å². The molecule has 2 atom stereocenters. The lowest BCUT2D eigenvalue weighted by atomic mass is 10.0. The number of aromatic amines is 1. The minimum atomic E-state index is -0.960. The van der Waals surface area contributed by atoms with E-state index in [1.165, 1.54) is 6.33 Å². The molecule has 2 unspecified atom stereocenters. The van der Waals surface area contributed by atoms with Crippen molar-refractivity contribution in [2.45, 2.75) is 18.9 Å². The number of ether oxygens (including phenoxy) is 1. The second-order valence-corrected chi connectivity index (χ2v) is 4.52. The molecule has 2 amide bonds. The van der Waals surface area contributed by atoms with Gasteiger partial charge < -0.3 is 20.5 Å². The standard InChI is InChI=1S/C11H17N5O4/c17-10(18)7-4-20-5-8(7)15-11(19)12-3-1-2-9-13-6-14-16-9/h6-8H,1-5H2,(H,17,18)(H2,12,15,19)(H,13,14,16). The van der Waals surface area contributed by atoms with E-state index < -0.39 is 17.9 Å². The Hall–Kier alpha value is -2.16. The molecule has 4 N–H and O–H groups in total. The van der Waals surface area contributed by atoms with Crippen molar-refractivity contribution in [2.75, 3.05) is 19.8 Å². The number of amides is 2. The van der Waals surface area contributed by atoms with Gasteiger partial charge in [-0.2, -0.15) is 5.10 Å². The number of carbonyl (C=O) groups is 2. The molecule has 0 aliphatic carbocycles. The van der Waals surface area contributed by atoms with Crippen molar-refractivity contribution in [1.82, 2.24) is 25.8 Å². The van der Waals surface area contributed by atoms with Crippen molar-refractivity contribution < 1.29 is 19.4 Å². The lowest BCUT2D eigenvalue weighted by Crippen LogP contribution is -2.47. The number of hydrogen-bond acceptors (Lipinski definition) is 5. The maximum absolute atomic E-state index is 11.6. The second-order valence-electron chi connectivity index (χ2n) is 4.52. The van der Waals surface area contributed by atoms with Gasteiger partial charge in [-0.05, 0) is 6.42 Å².